The topological polar surface area (TPSA) is 53.7 Å². The van der Waals surface area contributed by atoms with Gasteiger partial charge in [-0.15, -0.1) is 0 Å². The highest BCUT2D eigenvalue weighted by Crippen LogP contribution is 2.27. The van der Waals surface area contributed by atoms with Crippen molar-refractivity contribution in [2.75, 3.05) is 18.9 Å². The molecule has 4 nitrogen and oxygen atoms in total. The maximum Gasteiger partial charge on any atom is 0.418 e. The van der Waals surface area contributed by atoms with E-state index in [4.69, 9.17) is 19.9 Å². The molecule has 1 aliphatic rings. The predicted molar refractivity (Wildman–Crippen MR) is 70.9 cm³/mol. The first-order valence-corrected chi connectivity index (χ1v) is 6.77. The fourth-order valence-electron chi connectivity index (χ4n) is 1.95. The van der Waals surface area contributed by atoms with Crippen LogP contribution in [0.5, 0.6) is 5.75 Å². The summed E-state index contributed by atoms with van der Waals surface area (Å²) in [5.41, 5.74) is 6.01. The second-order valence-electron chi connectivity index (χ2n) is 4.84. The average molecular weight is 305 g/mol. The van der Waals surface area contributed by atoms with Crippen LogP contribution in [0.3, 0.4) is 0 Å². The van der Waals surface area contributed by atoms with Crippen LogP contribution in [0.4, 0.5) is 18.9 Å². The highest BCUT2D eigenvalue weighted by atomic mass is 19.4. The number of ether oxygens (including phenoxy) is 3. The lowest BCUT2D eigenvalue weighted by molar-refractivity contribution is -0.283. The molecule has 2 rings (SSSR count). The molecular weight excluding hydrogens is 287 g/mol. The molecule has 0 aromatic heterocycles. The molecular formula is C14H18F3NO3. The van der Waals surface area contributed by atoms with Gasteiger partial charge in [-0.3, -0.25) is 0 Å². The zero-order valence-corrected chi connectivity index (χ0v) is 11.4. The van der Waals surface area contributed by atoms with Crippen LogP contribution in [0.2, 0.25) is 0 Å². The van der Waals surface area contributed by atoms with Gasteiger partial charge in [-0.05, 0) is 43.5 Å². The molecule has 0 bridgehead atoms. The molecule has 1 aliphatic heterocycles. The molecule has 1 aromatic carbocycles. The molecule has 0 spiro atoms. The van der Waals surface area contributed by atoms with E-state index in [9.17, 15) is 13.2 Å². The Morgan fingerprint density at radius 1 is 1.24 bits per heavy atom. The van der Waals surface area contributed by atoms with Crippen LogP contribution in [0, 0.1) is 0 Å². The van der Waals surface area contributed by atoms with Crippen LogP contribution >= 0.6 is 0 Å². The van der Waals surface area contributed by atoms with E-state index in [1.165, 1.54) is 12.1 Å². The molecule has 2 unspecified atom stereocenters. The standard InChI is InChI=1S/C14H18F3NO3/c15-14(16,17)12(21-13-3-1-2-8-19-13)9-20-11-6-4-10(18)5-7-11/h4-7,12-13H,1-3,8-9,18H2. The molecule has 0 saturated carbocycles. The van der Waals surface area contributed by atoms with E-state index in [-0.39, 0.29) is 0 Å². The number of anilines is 1. The summed E-state index contributed by atoms with van der Waals surface area (Å²) in [6.45, 7) is -0.193. The van der Waals surface area contributed by atoms with Crippen molar-refractivity contribution in [3.05, 3.63) is 24.3 Å². The van der Waals surface area contributed by atoms with Gasteiger partial charge in [0.1, 0.15) is 12.4 Å². The first-order chi connectivity index (χ1) is 9.95. The van der Waals surface area contributed by atoms with Crippen molar-refractivity contribution in [2.45, 2.75) is 37.8 Å². The summed E-state index contributed by atoms with van der Waals surface area (Å²) in [7, 11) is 0. The van der Waals surface area contributed by atoms with Gasteiger partial charge in [-0.25, -0.2) is 0 Å². The van der Waals surface area contributed by atoms with Crippen LogP contribution < -0.4 is 10.5 Å². The minimum absolute atomic E-state index is 0.312. The third-order valence-corrected chi connectivity index (χ3v) is 3.10. The molecule has 0 aliphatic carbocycles. The molecule has 0 radical (unpaired) electrons. The predicted octanol–water partition coefficient (Wildman–Crippen LogP) is 3.12. The van der Waals surface area contributed by atoms with E-state index in [1.54, 1.807) is 12.1 Å². The molecule has 1 saturated heterocycles. The van der Waals surface area contributed by atoms with Gasteiger partial charge >= 0.3 is 6.18 Å². The SMILES string of the molecule is Nc1ccc(OCC(OC2CCCCO2)C(F)(F)F)cc1. The molecule has 1 fully saturated rings. The third-order valence-electron chi connectivity index (χ3n) is 3.10. The number of benzene rings is 1. The molecule has 2 atom stereocenters. The van der Waals surface area contributed by atoms with Crippen LogP contribution in [-0.2, 0) is 9.47 Å². The third kappa shape index (κ3) is 5.09. The first kappa shape index (κ1) is 15.9. The minimum Gasteiger partial charge on any atom is -0.491 e. The Morgan fingerprint density at radius 3 is 2.52 bits per heavy atom. The van der Waals surface area contributed by atoms with E-state index in [0.717, 1.165) is 12.8 Å². The van der Waals surface area contributed by atoms with Crippen molar-refractivity contribution in [3.63, 3.8) is 0 Å². The monoisotopic (exact) mass is 305 g/mol. The largest absolute Gasteiger partial charge is 0.491 e. The zero-order chi connectivity index (χ0) is 15.3. The fraction of sp³-hybridized carbons (Fsp3) is 0.571. The van der Waals surface area contributed by atoms with E-state index in [2.05, 4.69) is 0 Å². The molecule has 1 heterocycles. The number of nitrogen functional groups attached to an aromatic ring is 1. The van der Waals surface area contributed by atoms with Crippen LogP contribution in [0.1, 0.15) is 19.3 Å². The van der Waals surface area contributed by atoms with Crippen LogP contribution in [0.15, 0.2) is 24.3 Å². The molecule has 118 valence electrons. The van der Waals surface area contributed by atoms with Gasteiger partial charge in [0.15, 0.2) is 12.4 Å². The van der Waals surface area contributed by atoms with Crippen LogP contribution in [0.25, 0.3) is 0 Å². The van der Waals surface area contributed by atoms with Crippen molar-refractivity contribution in [1.29, 1.82) is 0 Å². The van der Waals surface area contributed by atoms with Gasteiger partial charge in [0.2, 0.25) is 0 Å². The Hall–Kier alpha value is -1.47. The first-order valence-electron chi connectivity index (χ1n) is 6.77. The Balaban J connectivity index is 1.91. The molecule has 21 heavy (non-hydrogen) atoms. The van der Waals surface area contributed by atoms with Crippen molar-refractivity contribution >= 4 is 5.69 Å². The highest BCUT2D eigenvalue weighted by Gasteiger charge is 2.43. The average Bonchev–Trinajstić information content (AvgIpc) is 2.45. The van der Waals surface area contributed by atoms with Crippen LogP contribution in [-0.4, -0.2) is 31.8 Å². The maximum atomic E-state index is 13.0. The lowest BCUT2D eigenvalue weighted by atomic mass is 10.2. The summed E-state index contributed by atoms with van der Waals surface area (Å²) < 4.78 is 54.2. The summed E-state index contributed by atoms with van der Waals surface area (Å²) in [6.07, 6.45) is -5.23. The zero-order valence-electron chi connectivity index (χ0n) is 11.4. The molecule has 1 aromatic rings. The number of halogens is 3. The number of hydrogen-bond donors (Lipinski definition) is 1. The lowest BCUT2D eigenvalue weighted by Crippen LogP contribution is -2.41. The Kier molecular flexibility index (Phi) is 5.30. The van der Waals surface area contributed by atoms with Gasteiger partial charge in [0.05, 0.1) is 0 Å². The second kappa shape index (κ2) is 7.00. The summed E-state index contributed by atoms with van der Waals surface area (Å²) in [6, 6.07) is 6.14. The van der Waals surface area contributed by atoms with E-state index in [0.29, 0.717) is 24.5 Å². The van der Waals surface area contributed by atoms with Gasteiger partial charge < -0.3 is 19.9 Å². The quantitative estimate of drug-likeness (QED) is 0.849. The summed E-state index contributed by atoms with van der Waals surface area (Å²) in [5, 5.41) is 0. The summed E-state index contributed by atoms with van der Waals surface area (Å²) >= 11 is 0. The smallest absolute Gasteiger partial charge is 0.418 e. The number of rotatable bonds is 5. The molecule has 0 amide bonds. The van der Waals surface area contributed by atoms with E-state index >= 15 is 0 Å². The molecule has 7 heteroatoms. The number of alkyl halides is 3. The summed E-state index contributed by atoms with van der Waals surface area (Å²) in [4.78, 5) is 0. The van der Waals surface area contributed by atoms with Crippen molar-refractivity contribution < 1.29 is 27.4 Å². The van der Waals surface area contributed by atoms with E-state index < -0.39 is 25.2 Å². The van der Waals surface area contributed by atoms with Gasteiger partial charge in [-0.2, -0.15) is 13.2 Å². The Bertz CT molecular complexity index is 430. The fourth-order valence-corrected chi connectivity index (χ4v) is 1.95. The Morgan fingerprint density at radius 2 is 1.95 bits per heavy atom. The van der Waals surface area contributed by atoms with Crippen molar-refractivity contribution in [1.82, 2.24) is 0 Å². The Labute approximate surface area is 121 Å². The van der Waals surface area contributed by atoms with Crippen molar-refractivity contribution in [2.24, 2.45) is 0 Å². The number of nitrogens with two attached hydrogens (primary N) is 1. The molecule has 2 N–H and O–H groups in total. The second-order valence-corrected chi connectivity index (χ2v) is 4.84. The normalized spacial score (nSPS) is 21.0. The van der Waals surface area contributed by atoms with E-state index in [1.807, 2.05) is 0 Å². The van der Waals surface area contributed by atoms with Gasteiger partial charge in [0, 0.05) is 12.3 Å². The number of hydrogen-bond acceptors (Lipinski definition) is 4. The van der Waals surface area contributed by atoms with Gasteiger partial charge in [-0.1, -0.05) is 0 Å². The van der Waals surface area contributed by atoms with Crippen molar-refractivity contribution in [3.8, 4) is 5.75 Å². The summed E-state index contributed by atoms with van der Waals surface area (Å²) in [5.74, 6) is 0.312. The maximum absolute atomic E-state index is 13.0. The highest BCUT2D eigenvalue weighted by molar-refractivity contribution is 5.41. The minimum atomic E-state index is -4.51. The van der Waals surface area contributed by atoms with Gasteiger partial charge in [0.25, 0.3) is 0 Å². The lowest BCUT2D eigenvalue weighted by Gasteiger charge is -2.28.